The molecule has 1 saturated heterocycles. The first-order valence-corrected chi connectivity index (χ1v) is 12.9. The van der Waals surface area contributed by atoms with Crippen molar-refractivity contribution in [1.82, 2.24) is 10.2 Å². The van der Waals surface area contributed by atoms with Crippen LogP contribution in [-0.2, 0) is 22.4 Å². The lowest BCUT2D eigenvalue weighted by molar-refractivity contribution is -0.130. The number of aryl methyl sites for hydroxylation is 2. The number of halogens is 1. The van der Waals surface area contributed by atoms with Gasteiger partial charge in [-0.3, -0.25) is 9.59 Å². The van der Waals surface area contributed by atoms with E-state index in [2.05, 4.69) is 5.32 Å². The molecular weight excluding hydrogens is 487 g/mol. The predicted octanol–water partition coefficient (Wildman–Crippen LogP) is 4.71. The third kappa shape index (κ3) is 5.74. The number of carbonyl (C=O) groups excluding carboxylic acids is 2. The van der Waals surface area contributed by atoms with Gasteiger partial charge in [-0.15, -0.1) is 0 Å². The smallest absolute Gasteiger partial charge is 0.222 e. The Labute approximate surface area is 221 Å². The first-order valence-electron chi connectivity index (χ1n) is 12.9. The van der Waals surface area contributed by atoms with Crippen LogP contribution >= 0.6 is 0 Å². The number of aromatic hydroxyl groups is 1. The molecule has 8 heteroatoms. The second kappa shape index (κ2) is 11.1. The van der Waals surface area contributed by atoms with Crippen LogP contribution in [0.5, 0.6) is 23.0 Å². The molecule has 38 heavy (non-hydrogen) atoms. The van der Waals surface area contributed by atoms with Crippen molar-refractivity contribution in [2.45, 2.75) is 44.1 Å². The Hall–Kier alpha value is -4.07. The standard InChI is InChI=1S/C30H31FN2O5/c1-37-26-13-9-21-16-28(26)38-27-15-20(7-12-25(27)34)8-14-29(35)32-24-18-33(17-23(21)24)30(36)4-2-3-19-5-10-22(31)11-6-19/h5-7,9-13,15-16,23-24,34H,2-4,8,14,17-18H2,1H3,(H,32,35)/t23-,24+/m0/s1. The highest BCUT2D eigenvalue weighted by molar-refractivity contribution is 5.79. The zero-order chi connectivity index (χ0) is 26.6. The number of carbonyl (C=O) groups is 2. The van der Waals surface area contributed by atoms with Crippen molar-refractivity contribution in [1.29, 1.82) is 0 Å². The molecule has 0 radical (unpaired) electrons. The SMILES string of the molecule is COc1ccc2cc1Oc1cc(ccc1O)CCC(=O)N[C@@H]1CN(C(=O)CCCc3ccc(F)cc3)C[C@@H]21. The van der Waals surface area contributed by atoms with Crippen molar-refractivity contribution < 1.29 is 28.6 Å². The van der Waals surface area contributed by atoms with Crippen LogP contribution in [0.3, 0.4) is 0 Å². The van der Waals surface area contributed by atoms with Gasteiger partial charge in [0.1, 0.15) is 5.82 Å². The molecule has 2 aliphatic heterocycles. The van der Waals surface area contributed by atoms with E-state index in [1.54, 1.807) is 43.5 Å². The zero-order valence-electron chi connectivity index (χ0n) is 21.3. The maximum atomic E-state index is 13.2. The van der Waals surface area contributed by atoms with Crippen LogP contribution in [-0.4, -0.2) is 48.1 Å². The van der Waals surface area contributed by atoms with Crippen LogP contribution in [0.4, 0.5) is 4.39 Å². The number of fused-ring (bicyclic) bond motifs is 6. The lowest BCUT2D eigenvalue weighted by Crippen LogP contribution is -2.40. The summed E-state index contributed by atoms with van der Waals surface area (Å²) >= 11 is 0. The minimum atomic E-state index is -0.274. The van der Waals surface area contributed by atoms with Gasteiger partial charge in [-0.2, -0.15) is 0 Å². The molecule has 0 unspecified atom stereocenters. The normalized spacial score (nSPS) is 18.8. The third-order valence-corrected chi connectivity index (χ3v) is 7.29. The summed E-state index contributed by atoms with van der Waals surface area (Å²) in [5, 5.41) is 13.5. The summed E-state index contributed by atoms with van der Waals surface area (Å²) in [6.07, 6.45) is 2.48. The number of benzene rings is 3. The van der Waals surface area contributed by atoms with E-state index < -0.39 is 0 Å². The largest absolute Gasteiger partial charge is 0.504 e. The van der Waals surface area contributed by atoms with E-state index in [-0.39, 0.29) is 41.8 Å². The van der Waals surface area contributed by atoms with Gasteiger partial charge in [-0.1, -0.05) is 24.3 Å². The molecule has 0 aliphatic carbocycles. The quantitative estimate of drug-likeness (QED) is 0.511. The Morgan fingerprint density at radius 3 is 2.68 bits per heavy atom. The number of hydrogen-bond donors (Lipinski definition) is 2. The van der Waals surface area contributed by atoms with Gasteiger partial charge in [0.15, 0.2) is 23.0 Å². The fraction of sp³-hybridized carbons (Fsp3) is 0.333. The lowest BCUT2D eigenvalue weighted by Gasteiger charge is -2.21. The van der Waals surface area contributed by atoms with E-state index in [9.17, 15) is 19.1 Å². The number of hydrogen-bond acceptors (Lipinski definition) is 5. The number of methoxy groups -OCH3 is 1. The molecule has 3 aromatic carbocycles. The van der Waals surface area contributed by atoms with Gasteiger partial charge in [0, 0.05) is 31.8 Å². The summed E-state index contributed by atoms with van der Waals surface area (Å²) in [5.41, 5.74) is 2.76. The van der Waals surface area contributed by atoms with Crippen LogP contribution < -0.4 is 14.8 Å². The predicted molar refractivity (Wildman–Crippen MR) is 140 cm³/mol. The first kappa shape index (κ1) is 25.6. The van der Waals surface area contributed by atoms with Gasteiger partial charge in [-0.25, -0.2) is 4.39 Å². The van der Waals surface area contributed by atoms with Crippen LogP contribution in [0, 0.1) is 5.82 Å². The molecule has 2 atom stereocenters. The third-order valence-electron chi connectivity index (χ3n) is 7.29. The Balaban J connectivity index is 1.36. The Morgan fingerprint density at radius 2 is 1.89 bits per heavy atom. The summed E-state index contributed by atoms with van der Waals surface area (Å²) in [6.45, 7) is 0.883. The second-order valence-electron chi connectivity index (χ2n) is 9.87. The summed E-state index contributed by atoms with van der Waals surface area (Å²) in [6, 6.07) is 16.7. The average Bonchev–Trinajstić information content (AvgIpc) is 3.33. The van der Waals surface area contributed by atoms with Crippen molar-refractivity contribution in [2.24, 2.45) is 0 Å². The molecule has 3 aromatic rings. The number of nitrogens with zero attached hydrogens (tertiary/aromatic N) is 1. The molecule has 5 rings (SSSR count). The van der Waals surface area contributed by atoms with Gasteiger partial charge >= 0.3 is 0 Å². The van der Waals surface area contributed by atoms with Crippen molar-refractivity contribution in [2.75, 3.05) is 20.2 Å². The molecule has 1 fully saturated rings. The number of amides is 2. The van der Waals surface area contributed by atoms with Crippen LogP contribution in [0.25, 0.3) is 0 Å². The molecule has 7 nitrogen and oxygen atoms in total. The number of phenols is 1. The molecule has 0 aromatic heterocycles. The van der Waals surface area contributed by atoms with E-state index >= 15 is 0 Å². The Kier molecular flexibility index (Phi) is 7.49. The van der Waals surface area contributed by atoms with Crippen molar-refractivity contribution in [3.63, 3.8) is 0 Å². The highest BCUT2D eigenvalue weighted by Crippen LogP contribution is 2.40. The molecule has 2 N–H and O–H groups in total. The van der Waals surface area contributed by atoms with Crippen LogP contribution in [0.2, 0.25) is 0 Å². The van der Waals surface area contributed by atoms with Crippen LogP contribution in [0.15, 0.2) is 60.7 Å². The fourth-order valence-electron chi connectivity index (χ4n) is 5.20. The lowest BCUT2D eigenvalue weighted by atomic mass is 9.93. The van der Waals surface area contributed by atoms with Crippen molar-refractivity contribution >= 4 is 11.8 Å². The summed E-state index contributed by atoms with van der Waals surface area (Å²) in [4.78, 5) is 27.8. The summed E-state index contributed by atoms with van der Waals surface area (Å²) < 4.78 is 24.8. The Bertz CT molecular complexity index is 1330. The zero-order valence-corrected chi connectivity index (χ0v) is 21.3. The number of phenolic OH excluding ortho intramolecular Hbond substituents is 1. The van der Waals surface area contributed by atoms with E-state index in [1.165, 1.54) is 12.1 Å². The summed E-state index contributed by atoms with van der Waals surface area (Å²) in [7, 11) is 1.55. The van der Waals surface area contributed by atoms with Gasteiger partial charge in [-0.05, 0) is 72.4 Å². The first-order chi connectivity index (χ1) is 18.4. The summed E-state index contributed by atoms with van der Waals surface area (Å²) in [5.74, 6) is 0.783. The number of nitrogens with one attached hydrogen (secondary N) is 1. The van der Waals surface area contributed by atoms with E-state index in [0.717, 1.165) is 16.7 Å². The van der Waals surface area contributed by atoms with Gasteiger partial charge in [0.05, 0.1) is 13.2 Å². The van der Waals surface area contributed by atoms with Gasteiger partial charge < -0.3 is 24.8 Å². The minimum absolute atomic E-state index is 0.00307. The van der Waals surface area contributed by atoms with E-state index in [1.807, 2.05) is 17.0 Å². The molecule has 0 saturated carbocycles. The van der Waals surface area contributed by atoms with Crippen molar-refractivity contribution in [3.05, 3.63) is 83.2 Å². The van der Waals surface area contributed by atoms with Crippen LogP contribution in [0.1, 0.15) is 41.9 Å². The average molecular weight is 519 g/mol. The minimum Gasteiger partial charge on any atom is -0.504 e. The monoisotopic (exact) mass is 518 g/mol. The molecule has 198 valence electrons. The second-order valence-corrected chi connectivity index (χ2v) is 9.87. The maximum Gasteiger partial charge on any atom is 0.222 e. The van der Waals surface area contributed by atoms with Gasteiger partial charge in [0.2, 0.25) is 11.8 Å². The van der Waals surface area contributed by atoms with Crippen molar-refractivity contribution in [3.8, 4) is 23.0 Å². The molecular formula is C30H31FN2O5. The number of ether oxygens (including phenoxy) is 2. The van der Waals surface area contributed by atoms with E-state index in [0.29, 0.717) is 56.0 Å². The van der Waals surface area contributed by atoms with E-state index in [4.69, 9.17) is 9.47 Å². The fourth-order valence-corrected chi connectivity index (χ4v) is 5.20. The number of rotatable bonds is 5. The number of likely N-dealkylation sites (tertiary alicyclic amines) is 1. The highest BCUT2D eigenvalue weighted by Gasteiger charge is 2.37. The molecule has 4 bridgehead atoms. The molecule has 0 spiro atoms. The molecule has 2 aliphatic rings. The maximum absolute atomic E-state index is 13.2. The molecule has 2 heterocycles. The highest BCUT2D eigenvalue weighted by atomic mass is 19.1. The Morgan fingerprint density at radius 1 is 1.08 bits per heavy atom. The van der Waals surface area contributed by atoms with Gasteiger partial charge in [0.25, 0.3) is 0 Å². The molecule has 2 amide bonds. The topological polar surface area (TPSA) is 88.1 Å².